The molecule has 3 rings (SSSR count). The summed E-state index contributed by atoms with van der Waals surface area (Å²) >= 11 is 6.01. The summed E-state index contributed by atoms with van der Waals surface area (Å²) in [5.41, 5.74) is 3.55. The highest BCUT2D eigenvalue weighted by atomic mass is 35.5. The van der Waals surface area contributed by atoms with Gasteiger partial charge in [-0.05, 0) is 57.2 Å². The maximum Gasteiger partial charge on any atom is 0.331 e. The minimum absolute atomic E-state index is 0.0586. The van der Waals surface area contributed by atoms with E-state index in [0.717, 1.165) is 16.9 Å². The summed E-state index contributed by atoms with van der Waals surface area (Å²) in [6.07, 6.45) is 0. The smallest absolute Gasteiger partial charge is 0.331 e. The van der Waals surface area contributed by atoms with Crippen LogP contribution in [0.25, 0.3) is 16.6 Å². The molecule has 0 spiro atoms. The molecule has 6 nitrogen and oxygen atoms in total. The van der Waals surface area contributed by atoms with Crippen LogP contribution in [0, 0.1) is 6.92 Å². The first-order chi connectivity index (χ1) is 13.2. The Kier molecular flexibility index (Phi) is 5.25. The largest absolute Gasteiger partial charge is 0.507 e. The molecule has 1 N–H and O–H groups in total. The van der Waals surface area contributed by atoms with Crippen LogP contribution in [0.2, 0.25) is 5.02 Å². The summed E-state index contributed by atoms with van der Waals surface area (Å²) in [6.45, 7) is 6.21. The van der Waals surface area contributed by atoms with Crippen LogP contribution in [-0.2, 0) is 9.63 Å². The zero-order chi connectivity index (χ0) is 20.6. The van der Waals surface area contributed by atoms with E-state index in [4.69, 9.17) is 11.6 Å². The number of hydrogen-bond donors (Lipinski definition) is 1. The first kappa shape index (κ1) is 19.6. The summed E-state index contributed by atoms with van der Waals surface area (Å²) in [5.74, 6) is -0.719. The van der Waals surface area contributed by atoms with Crippen molar-refractivity contribution in [3.05, 3.63) is 58.2 Å². The Labute approximate surface area is 167 Å². The minimum Gasteiger partial charge on any atom is -0.507 e. The lowest BCUT2D eigenvalue weighted by Gasteiger charge is -2.10. The summed E-state index contributed by atoms with van der Waals surface area (Å²) in [4.78, 5) is 28.0. The predicted molar refractivity (Wildman–Crippen MR) is 109 cm³/mol. The van der Waals surface area contributed by atoms with Crippen molar-refractivity contribution in [1.29, 1.82) is 0 Å². The second kappa shape index (κ2) is 7.48. The van der Waals surface area contributed by atoms with Crippen LogP contribution in [-0.4, -0.2) is 27.1 Å². The van der Waals surface area contributed by atoms with E-state index in [2.05, 4.69) is 9.99 Å². The fourth-order valence-electron chi connectivity index (χ4n) is 3.29. The highest BCUT2D eigenvalue weighted by molar-refractivity contribution is 6.30. The van der Waals surface area contributed by atoms with Gasteiger partial charge in [-0.2, -0.15) is 0 Å². The first-order valence-electron chi connectivity index (χ1n) is 8.58. The van der Waals surface area contributed by atoms with Gasteiger partial charge in [0.25, 0.3) is 0 Å². The zero-order valence-electron chi connectivity index (χ0n) is 15.9. The van der Waals surface area contributed by atoms with Crippen molar-refractivity contribution in [1.82, 2.24) is 4.57 Å². The molecular formula is C21H19ClN2O4. The molecule has 0 saturated heterocycles. The third-order valence-corrected chi connectivity index (χ3v) is 4.71. The van der Waals surface area contributed by atoms with Crippen molar-refractivity contribution >= 4 is 40.0 Å². The van der Waals surface area contributed by atoms with E-state index in [1.807, 2.05) is 23.6 Å². The van der Waals surface area contributed by atoms with Crippen molar-refractivity contribution in [2.75, 3.05) is 0 Å². The summed E-state index contributed by atoms with van der Waals surface area (Å²) < 4.78 is 1.92. The molecule has 0 aliphatic rings. The topological polar surface area (TPSA) is 80.9 Å². The van der Waals surface area contributed by atoms with Gasteiger partial charge in [-0.25, -0.2) is 4.79 Å². The van der Waals surface area contributed by atoms with Gasteiger partial charge in [0, 0.05) is 39.8 Å². The number of phenols is 1. The van der Waals surface area contributed by atoms with E-state index >= 15 is 0 Å². The highest BCUT2D eigenvalue weighted by Crippen LogP contribution is 2.34. The third-order valence-electron chi connectivity index (χ3n) is 4.46. The minimum atomic E-state index is -0.556. The molecule has 0 aliphatic heterocycles. The lowest BCUT2D eigenvalue weighted by atomic mass is 10.0. The number of rotatable bonds is 4. The number of aromatic nitrogens is 1. The van der Waals surface area contributed by atoms with Gasteiger partial charge in [-0.15, -0.1) is 0 Å². The SMILES string of the molecule is CC(=O)O/N=C(/C)c1cc2c(cc1O)c(C(C)=O)c(C)n2-c1ccc(Cl)cc1. The molecule has 144 valence electrons. The predicted octanol–water partition coefficient (Wildman–Crippen LogP) is 4.79. The van der Waals surface area contributed by atoms with E-state index < -0.39 is 5.97 Å². The first-order valence-corrected chi connectivity index (χ1v) is 8.96. The van der Waals surface area contributed by atoms with Crippen LogP contribution in [0.15, 0.2) is 41.6 Å². The van der Waals surface area contributed by atoms with Gasteiger partial charge >= 0.3 is 5.97 Å². The van der Waals surface area contributed by atoms with Gasteiger partial charge in [-0.3, -0.25) is 4.79 Å². The number of hydrogen-bond acceptors (Lipinski definition) is 5. The van der Waals surface area contributed by atoms with Crippen LogP contribution < -0.4 is 0 Å². The molecule has 7 heteroatoms. The lowest BCUT2D eigenvalue weighted by molar-refractivity contribution is -0.140. The van der Waals surface area contributed by atoms with Crippen molar-refractivity contribution in [2.24, 2.45) is 5.16 Å². The monoisotopic (exact) mass is 398 g/mol. The molecule has 3 aromatic rings. The number of oxime groups is 1. The molecule has 0 saturated carbocycles. The van der Waals surface area contributed by atoms with E-state index in [9.17, 15) is 14.7 Å². The highest BCUT2D eigenvalue weighted by Gasteiger charge is 2.21. The number of ketones is 1. The summed E-state index contributed by atoms with van der Waals surface area (Å²) in [5, 5.41) is 15.5. The number of aromatic hydroxyl groups is 1. The molecule has 1 aromatic heterocycles. The van der Waals surface area contributed by atoms with Gasteiger partial charge in [0.1, 0.15) is 5.75 Å². The van der Waals surface area contributed by atoms with Crippen molar-refractivity contribution < 1.29 is 19.5 Å². The number of Topliss-reactive ketones (excluding diaryl/α,β-unsaturated/α-hetero) is 1. The fraction of sp³-hybridized carbons (Fsp3) is 0.190. The molecule has 1 heterocycles. The molecule has 0 amide bonds. The zero-order valence-corrected chi connectivity index (χ0v) is 16.7. The molecule has 28 heavy (non-hydrogen) atoms. The molecule has 0 atom stereocenters. The maximum absolute atomic E-state index is 12.3. The maximum atomic E-state index is 12.3. The quantitative estimate of drug-likeness (QED) is 0.296. The van der Waals surface area contributed by atoms with Crippen molar-refractivity contribution in [3.63, 3.8) is 0 Å². The number of fused-ring (bicyclic) bond motifs is 1. The number of carbonyl (C=O) groups excluding carboxylic acids is 2. The Hall–Kier alpha value is -3.12. The average Bonchev–Trinajstić information content (AvgIpc) is 2.90. The number of nitrogens with zero attached hydrogens (tertiary/aromatic N) is 2. The molecule has 0 aliphatic carbocycles. The Bertz CT molecular complexity index is 1130. The summed E-state index contributed by atoms with van der Waals surface area (Å²) in [7, 11) is 0. The van der Waals surface area contributed by atoms with Crippen molar-refractivity contribution in [2.45, 2.75) is 27.7 Å². The van der Waals surface area contributed by atoms with E-state index in [1.54, 1.807) is 25.1 Å². The van der Waals surface area contributed by atoms with E-state index in [0.29, 0.717) is 27.2 Å². The Morgan fingerprint density at radius 1 is 1.11 bits per heavy atom. The van der Waals surface area contributed by atoms with Crippen LogP contribution in [0.1, 0.15) is 42.4 Å². The van der Waals surface area contributed by atoms with Crippen LogP contribution in [0.5, 0.6) is 5.75 Å². The van der Waals surface area contributed by atoms with Crippen LogP contribution in [0.4, 0.5) is 0 Å². The third kappa shape index (κ3) is 3.51. The number of halogens is 1. The Morgan fingerprint density at radius 3 is 2.32 bits per heavy atom. The van der Waals surface area contributed by atoms with Gasteiger partial charge in [0.05, 0.1) is 11.2 Å². The Balaban J connectivity index is 2.33. The molecule has 0 bridgehead atoms. The fourth-order valence-corrected chi connectivity index (χ4v) is 3.41. The summed E-state index contributed by atoms with van der Waals surface area (Å²) in [6, 6.07) is 10.5. The second-order valence-electron chi connectivity index (χ2n) is 6.47. The Morgan fingerprint density at radius 2 is 1.75 bits per heavy atom. The number of carbonyl (C=O) groups is 2. The lowest BCUT2D eigenvalue weighted by Crippen LogP contribution is -2.01. The second-order valence-corrected chi connectivity index (χ2v) is 6.91. The molecule has 2 aromatic carbocycles. The number of benzene rings is 2. The van der Waals surface area contributed by atoms with Gasteiger partial charge < -0.3 is 14.5 Å². The average molecular weight is 399 g/mol. The van der Waals surface area contributed by atoms with Gasteiger partial charge in [-0.1, -0.05) is 16.8 Å². The standard InChI is InChI=1S/C21H19ClN2O4/c1-11(23-28-14(4)26)17-9-19-18(10-20(17)27)21(13(3)25)12(2)24(19)16-7-5-15(22)6-8-16/h5-10,27H,1-4H3/b23-11-. The normalized spacial score (nSPS) is 11.7. The van der Waals surface area contributed by atoms with Gasteiger partial charge in [0.15, 0.2) is 5.78 Å². The molecule has 0 radical (unpaired) electrons. The van der Waals surface area contributed by atoms with Crippen LogP contribution in [0.3, 0.4) is 0 Å². The van der Waals surface area contributed by atoms with Crippen LogP contribution >= 0.6 is 11.6 Å². The number of phenolic OH excluding ortho intramolecular Hbond substituents is 1. The van der Waals surface area contributed by atoms with Crippen molar-refractivity contribution in [3.8, 4) is 11.4 Å². The van der Waals surface area contributed by atoms with E-state index in [-0.39, 0.29) is 11.5 Å². The molecule has 0 fully saturated rings. The molecular weight excluding hydrogens is 380 g/mol. The van der Waals surface area contributed by atoms with Gasteiger partial charge in [0.2, 0.25) is 0 Å². The molecule has 0 unspecified atom stereocenters. The van der Waals surface area contributed by atoms with E-state index in [1.165, 1.54) is 19.9 Å².